The first-order valence-corrected chi connectivity index (χ1v) is 23.5. The van der Waals surface area contributed by atoms with E-state index in [9.17, 15) is 48.8 Å². The standard InChI is InChI=1S/C44H43N3O11S3/c1-8-46-35-17-15-29-25(3)21-27(59(50,51)52)22-31(29)40(35)43(4,5)38(46)19-13-26(33-11-10-12-34(45-33)42(48)49)14-20-39-44(6,7)41-32-23-28(60(53,54)55)24-37(61(56,57)58)30(32)16-18-36(41)47(39)9-2/h10-24H,8-9H2,1-7H3,(H3-,48,49,50,51,52,53,54,55,56,57,58)/p+1. The molecule has 2 aliphatic rings. The van der Waals surface area contributed by atoms with Gasteiger partial charge in [0.2, 0.25) is 5.69 Å². The van der Waals surface area contributed by atoms with E-state index in [1.165, 1.54) is 30.3 Å². The number of hydrogen-bond donors (Lipinski definition) is 4. The molecule has 7 rings (SSSR count). The van der Waals surface area contributed by atoms with Crippen LogP contribution in [0.2, 0.25) is 0 Å². The summed E-state index contributed by atoms with van der Waals surface area (Å²) in [6.07, 6.45) is 7.37. The van der Waals surface area contributed by atoms with E-state index < -0.39 is 56.9 Å². The number of nitrogens with zero attached hydrogens (tertiary/aromatic N) is 3. The molecule has 0 saturated heterocycles. The topological polar surface area (TPSA) is 220 Å². The maximum absolute atomic E-state index is 12.5. The number of carboxylic acid groups (broad SMARTS) is 1. The molecular weight excluding hydrogens is 843 g/mol. The van der Waals surface area contributed by atoms with Crippen molar-refractivity contribution in [2.45, 2.75) is 74.0 Å². The van der Waals surface area contributed by atoms with Gasteiger partial charge in [0, 0.05) is 52.0 Å². The van der Waals surface area contributed by atoms with Crippen LogP contribution in [0.1, 0.15) is 74.4 Å². The van der Waals surface area contributed by atoms with E-state index >= 15 is 0 Å². The zero-order chi connectivity index (χ0) is 44.8. The fourth-order valence-electron chi connectivity index (χ4n) is 8.96. The number of benzene rings is 4. The van der Waals surface area contributed by atoms with Gasteiger partial charge in [0.25, 0.3) is 30.4 Å². The second kappa shape index (κ2) is 14.8. The van der Waals surface area contributed by atoms with E-state index in [0.717, 1.165) is 28.4 Å². The third-order valence-electron chi connectivity index (χ3n) is 11.6. The number of hydrogen-bond acceptors (Lipinski definition) is 9. The third-order valence-corrected chi connectivity index (χ3v) is 14.2. The van der Waals surface area contributed by atoms with E-state index in [2.05, 4.69) is 9.56 Å². The molecule has 61 heavy (non-hydrogen) atoms. The lowest BCUT2D eigenvalue weighted by Crippen LogP contribution is -2.27. The molecule has 14 nitrogen and oxygen atoms in total. The van der Waals surface area contributed by atoms with Gasteiger partial charge in [-0.2, -0.15) is 29.8 Å². The van der Waals surface area contributed by atoms with Gasteiger partial charge in [-0.05, 0) is 123 Å². The molecule has 0 fully saturated rings. The molecule has 2 aliphatic heterocycles. The highest BCUT2D eigenvalue weighted by molar-refractivity contribution is 7.87. The van der Waals surface area contributed by atoms with Crippen LogP contribution in [0.3, 0.4) is 0 Å². The van der Waals surface area contributed by atoms with Crippen molar-refractivity contribution in [3.63, 3.8) is 0 Å². The Morgan fingerprint density at radius 1 is 0.754 bits per heavy atom. The summed E-state index contributed by atoms with van der Waals surface area (Å²) < 4.78 is 107. The Morgan fingerprint density at radius 3 is 1.95 bits per heavy atom. The Kier molecular flexibility index (Phi) is 10.6. The van der Waals surface area contributed by atoms with Crippen LogP contribution in [0.4, 0.5) is 11.4 Å². The largest absolute Gasteiger partial charge is 0.477 e. The molecule has 0 radical (unpaired) electrons. The maximum Gasteiger partial charge on any atom is 0.354 e. The Balaban J connectivity index is 1.43. The SMILES string of the molecule is CCN1/C(=C/C=C(/C=C/C2=[N+](CC)c3ccc4c(C)cc(S(=O)(=O)O)cc4c3C2(C)C)c2cccc(C(=O)O)n2)C(C)(C)c2c1ccc1c(S(=O)(=O)O)cc(S(=O)(=O)O)cc21. The van der Waals surface area contributed by atoms with Gasteiger partial charge >= 0.3 is 5.97 Å². The number of aromatic carboxylic acids is 1. The molecular formula is C44H44N3O11S3+. The van der Waals surface area contributed by atoms with Gasteiger partial charge in [0.1, 0.15) is 17.1 Å². The fraction of sp³-hybridized carbons (Fsp3) is 0.250. The summed E-state index contributed by atoms with van der Waals surface area (Å²) in [5, 5.41) is 11.6. The molecule has 17 heteroatoms. The van der Waals surface area contributed by atoms with Crippen LogP contribution in [0.5, 0.6) is 0 Å². The lowest BCUT2D eigenvalue weighted by atomic mass is 9.78. The van der Waals surface area contributed by atoms with Crippen LogP contribution < -0.4 is 4.90 Å². The first kappa shape index (κ1) is 43.5. The van der Waals surface area contributed by atoms with Crippen LogP contribution in [-0.2, 0) is 41.2 Å². The number of likely N-dealkylation sites (N-methyl/N-ethyl adjacent to an activating group) is 1. The number of aromatic nitrogens is 1. The highest BCUT2D eigenvalue weighted by Gasteiger charge is 2.46. The van der Waals surface area contributed by atoms with E-state index in [4.69, 9.17) is 0 Å². The first-order valence-electron chi connectivity index (χ1n) is 19.2. The first-order chi connectivity index (χ1) is 28.3. The molecule has 3 heterocycles. The molecule has 4 N–H and O–H groups in total. The van der Waals surface area contributed by atoms with Crippen LogP contribution >= 0.6 is 0 Å². The Bertz CT molecular complexity index is 3240. The van der Waals surface area contributed by atoms with E-state index in [1.807, 2.05) is 76.8 Å². The summed E-state index contributed by atoms with van der Waals surface area (Å²) >= 11 is 0. The molecule has 0 amide bonds. The number of fused-ring (bicyclic) bond motifs is 6. The average Bonchev–Trinajstić information content (AvgIpc) is 3.54. The lowest BCUT2D eigenvalue weighted by molar-refractivity contribution is -0.433. The van der Waals surface area contributed by atoms with Crippen molar-refractivity contribution in [3.05, 3.63) is 125 Å². The summed E-state index contributed by atoms with van der Waals surface area (Å²) in [6.45, 7) is 14.4. The number of rotatable bonds is 10. The van der Waals surface area contributed by atoms with Crippen molar-refractivity contribution in [3.8, 4) is 0 Å². The highest BCUT2D eigenvalue weighted by atomic mass is 32.2. The zero-order valence-electron chi connectivity index (χ0n) is 34.3. The average molecular weight is 887 g/mol. The Morgan fingerprint density at radius 2 is 1.36 bits per heavy atom. The van der Waals surface area contributed by atoms with Crippen molar-refractivity contribution < 1.29 is 53.4 Å². The number of aryl methyl sites for hydroxylation is 1. The van der Waals surface area contributed by atoms with E-state index in [1.54, 1.807) is 31.2 Å². The fourth-order valence-corrected chi connectivity index (χ4v) is 10.9. The van der Waals surface area contributed by atoms with Crippen LogP contribution in [0.15, 0.2) is 111 Å². The second-order valence-electron chi connectivity index (χ2n) is 16.0. The summed E-state index contributed by atoms with van der Waals surface area (Å²) in [6, 6.07) is 16.6. The molecule has 5 aromatic rings. The van der Waals surface area contributed by atoms with Crippen molar-refractivity contribution in [1.29, 1.82) is 0 Å². The third kappa shape index (κ3) is 7.38. The maximum atomic E-state index is 12.5. The Labute approximate surface area is 354 Å². The number of carbonyl (C=O) groups is 1. The minimum Gasteiger partial charge on any atom is -0.477 e. The van der Waals surface area contributed by atoms with Gasteiger partial charge in [-0.15, -0.1) is 0 Å². The monoisotopic (exact) mass is 886 g/mol. The molecule has 0 spiro atoms. The van der Waals surface area contributed by atoms with Crippen LogP contribution in [-0.4, -0.2) is 78.3 Å². The Hall–Kier alpha value is -5.56. The lowest BCUT2D eigenvalue weighted by Gasteiger charge is -2.26. The summed E-state index contributed by atoms with van der Waals surface area (Å²) in [7, 11) is -14.3. The van der Waals surface area contributed by atoms with Crippen molar-refractivity contribution in [1.82, 2.24) is 4.98 Å². The highest BCUT2D eigenvalue weighted by Crippen LogP contribution is 2.52. The number of pyridine rings is 1. The van der Waals surface area contributed by atoms with Crippen molar-refractivity contribution in [2.24, 2.45) is 0 Å². The summed E-state index contributed by atoms with van der Waals surface area (Å²) in [5.41, 5.74) is 4.15. The quantitative estimate of drug-likeness (QED) is 0.0597. The zero-order valence-corrected chi connectivity index (χ0v) is 36.7. The van der Waals surface area contributed by atoms with E-state index in [-0.39, 0.29) is 21.4 Å². The molecule has 0 saturated carbocycles. The predicted molar refractivity (Wildman–Crippen MR) is 233 cm³/mol. The normalized spacial score (nSPS) is 17.2. The second-order valence-corrected chi connectivity index (χ2v) is 20.3. The molecule has 0 bridgehead atoms. The van der Waals surface area contributed by atoms with E-state index in [0.29, 0.717) is 52.3 Å². The van der Waals surface area contributed by atoms with Gasteiger partial charge in [0.05, 0.1) is 20.9 Å². The molecule has 318 valence electrons. The van der Waals surface area contributed by atoms with Crippen molar-refractivity contribution >= 4 is 80.5 Å². The van der Waals surface area contributed by atoms with Gasteiger partial charge in [-0.25, -0.2) is 9.78 Å². The van der Waals surface area contributed by atoms with Gasteiger partial charge in [-0.3, -0.25) is 13.7 Å². The number of anilines is 1. The van der Waals surface area contributed by atoms with Crippen molar-refractivity contribution in [2.75, 3.05) is 18.0 Å². The predicted octanol–water partition coefficient (Wildman–Crippen LogP) is 7.87. The minimum absolute atomic E-state index is 0.0581. The molecule has 4 aromatic carbocycles. The van der Waals surface area contributed by atoms with Gasteiger partial charge in [-0.1, -0.05) is 32.1 Å². The van der Waals surface area contributed by atoms with Gasteiger partial charge in [0.15, 0.2) is 5.71 Å². The summed E-state index contributed by atoms with van der Waals surface area (Å²) in [4.78, 5) is 16.9. The van der Waals surface area contributed by atoms with Gasteiger partial charge < -0.3 is 10.0 Å². The molecule has 0 atom stereocenters. The van der Waals surface area contributed by atoms with Crippen LogP contribution in [0, 0.1) is 6.92 Å². The molecule has 0 unspecified atom stereocenters. The minimum atomic E-state index is -4.94. The molecule has 1 aromatic heterocycles. The smallest absolute Gasteiger partial charge is 0.354 e. The van der Waals surface area contributed by atoms with Crippen LogP contribution in [0.25, 0.3) is 27.1 Å². The number of allylic oxidation sites excluding steroid dienone is 6. The molecule has 0 aliphatic carbocycles. The number of carboxylic acids is 1. The summed E-state index contributed by atoms with van der Waals surface area (Å²) in [5.74, 6) is -1.22.